The summed E-state index contributed by atoms with van der Waals surface area (Å²) in [5.41, 5.74) is 12.8. The highest BCUT2D eigenvalue weighted by Crippen LogP contribution is 2.40. The molecule has 1 unspecified atom stereocenters. The summed E-state index contributed by atoms with van der Waals surface area (Å²) in [6.45, 7) is 9.71. The normalized spacial score (nSPS) is 21.6. The van der Waals surface area contributed by atoms with Gasteiger partial charge in [-0.2, -0.15) is 0 Å². The molecule has 9 nitrogen and oxygen atoms in total. The van der Waals surface area contributed by atoms with Crippen LogP contribution < -0.4 is 14.7 Å². The van der Waals surface area contributed by atoms with Gasteiger partial charge in [0.25, 0.3) is 0 Å². The largest absolute Gasteiger partial charge is 0.347 e. The van der Waals surface area contributed by atoms with Gasteiger partial charge >= 0.3 is 0 Å². The summed E-state index contributed by atoms with van der Waals surface area (Å²) < 4.78 is 0. The van der Waals surface area contributed by atoms with Crippen LogP contribution >= 0.6 is 0 Å². The zero-order chi connectivity index (χ0) is 40.6. The highest BCUT2D eigenvalue weighted by Gasteiger charge is 2.35. The summed E-state index contributed by atoms with van der Waals surface area (Å²) >= 11 is 0. The van der Waals surface area contributed by atoms with E-state index in [9.17, 15) is 0 Å². The average molecular weight is 796 g/mol. The molecule has 0 amide bonds. The van der Waals surface area contributed by atoms with Gasteiger partial charge in [0.1, 0.15) is 17.5 Å². The van der Waals surface area contributed by atoms with Gasteiger partial charge < -0.3 is 29.4 Å². The Labute approximate surface area is 355 Å². The molecule has 9 heterocycles. The van der Waals surface area contributed by atoms with Crippen molar-refractivity contribution in [2.24, 2.45) is 0 Å². The summed E-state index contributed by atoms with van der Waals surface area (Å²) in [6, 6.07) is 40.7. The first kappa shape index (κ1) is 38.6. The van der Waals surface area contributed by atoms with E-state index in [1.807, 2.05) is 18.6 Å². The summed E-state index contributed by atoms with van der Waals surface area (Å²) in [5.74, 6) is 3.55. The molecule has 60 heavy (non-hydrogen) atoms. The van der Waals surface area contributed by atoms with Gasteiger partial charge in [-0.05, 0) is 89.4 Å². The predicted molar refractivity (Wildman–Crippen MR) is 243 cm³/mol. The fourth-order valence-corrected chi connectivity index (χ4v) is 10.5. The maximum Gasteiger partial charge on any atom is 0.132 e. The number of fused-ring (bicyclic) bond motifs is 15. The lowest BCUT2D eigenvalue weighted by atomic mass is 9.96. The topological polar surface area (TPSA) is 58.1 Å². The summed E-state index contributed by atoms with van der Waals surface area (Å²) in [4.78, 5) is 28.8. The molecule has 9 heteroatoms. The molecule has 12 rings (SSSR count). The minimum Gasteiger partial charge on any atom is -0.347 e. The molecule has 3 atom stereocenters. The molecule has 6 aliphatic rings. The SMILES string of the molecule is CN1CCN2c3ncccc3Cc3ccccc3C2C1.CN1CCN2c3ncccc3Cc3ccccc3[C@@H]2C1.CN1CCN2c3ncccc3Cc3ccccc3[C@H]2C1. The molecule has 6 aromatic rings. The van der Waals surface area contributed by atoms with E-state index in [0.29, 0.717) is 18.1 Å². The fraction of sp³-hybridized carbons (Fsp3) is 0.353. The fourth-order valence-electron chi connectivity index (χ4n) is 10.5. The van der Waals surface area contributed by atoms with Gasteiger partial charge in [-0.1, -0.05) is 91.0 Å². The Morgan fingerprint density at radius 3 is 0.950 bits per heavy atom. The van der Waals surface area contributed by atoms with Crippen molar-refractivity contribution in [1.82, 2.24) is 29.7 Å². The minimum absolute atomic E-state index is 0.432. The number of rotatable bonds is 0. The lowest BCUT2D eigenvalue weighted by Gasteiger charge is -2.41. The molecular formula is C51H57N9. The number of pyridine rings is 3. The average Bonchev–Trinajstić information content (AvgIpc) is 3.59. The highest BCUT2D eigenvalue weighted by molar-refractivity contribution is 5.58. The quantitative estimate of drug-likeness (QED) is 0.156. The van der Waals surface area contributed by atoms with Crippen LogP contribution in [0.4, 0.5) is 17.5 Å². The van der Waals surface area contributed by atoms with Gasteiger partial charge in [-0.25, -0.2) is 15.0 Å². The molecule has 306 valence electrons. The number of piperazine rings is 3. The first-order valence-electron chi connectivity index (χ1n) is 21.9. The van der Waals surface area contributed by atoms with Crippen LogP contribution in [0.1, 0.15) is 68.2 Å². The smallest absolute Gasteiger partial charge is 0.132 e. The summed E-state index contributed by atoms with van der Waals surface area (Å²) in [6.07, 6.45) is 8.75. The zero-order valence-electron chi connectivity index (χ0n) is 35.4. The van der Waals surface area contributed by atoms with Crippen LogP contribution in [0.2, 0.25) is 0 Å². The molecule has 0 bridgehead atoms. The van der Waals surface area contributed by atoms with Gasteiger partial charge in [0.15, 0.2) is 0 Å². The number of aromatic nitrogens is 3. The third kappa shape index (κ3) is 7.55. The zero-order valence-corrected chi connectivity index (χ0v) is 35.4. The number of hydrogen-bond donors (Lipinski definition) is 0. The van der Waals surface area contributed by atoms with Crippen LogP contribution in [0, 0.1) is 0 Å². The number of benzene rings is 3. The van der Waals surface area contributed by atoms with E-state index in [-0.39, 0.29) is 0 Å². The van der Waals surface area contributed by atoms with Crippen molar-refractivity contribution < 1.29 is 0 Å². The van der Waals surface area contributed by atoms with E-state index < -0.39 is 0 Å². The van der Waals surface area contributed by atoms with E-state index in [4.69, 9.17) is 0 Å². The molecule has 0 N–H and O–H groups in total. The third-order valence-electron chi connectivity index (χ3n) is 13.6. The van der Waals surface area contributed by atoms with Crippen LogP contribution in [-0.4, -0.2) is 110 Å². The van der Waals surface area contributed by atoms with E-state index in [2.05, 4.69) is 175 Å². The molecule has 6 aliphatic heterocycles. The standard InChI is InChI=1S/3C17H19N3/c3*1-19-9-10-20-16(12-19)15-7-3-2-5-13(15)11-14-6-4-8-18-17(14)20/h3*2-8,16H,9-12H2,1H3/t2*16-;/m10./s1. The van der Waals surface area contributed by atoms with Crippen molar-refractivity contribution in [1.29, 1.82) is 0 Å². The molecule has 3 aromatic heterocycles. The summed E-state index contributed by atoms with van der Waals surface area (Å²) in [7, 11) is 6.64. The van der Waals surface area contributed by atoms with Crippen LogP contribution in [0.5, 0.6) is 0 Å². The van der Waals surface area contributed by atoms with E-state index in [1.54, 1.807) is 0 Å². The molecule has 3 saturated heterocycles. The first-order valence-corrected chi connectivity index (χ1v) is 21.9. The molecular weight excluding hydrogens is 739 g/mol. The van der Waals surface area contributed by atoms with Crippen LogP contribution in [0.15, 0.2) is 128 Å². The lowest BCUT2D eigenvalue weighted by Crippen LogP contribution is -2.47. The van der Waals surface area contributed by atoms with E-state index in [1.165, 1.54) is 67.5 Å². The van der Waals surface area contributed by atoms with Crippen molar-refractivity contribution >= 4 is 17.5 Å². The Morgan fingerprint density at radius 2 is 0.633 bits per heavy atom. The van der Waals surface area contributed by atoms with Gasteiger partial charge in [0.05, 0.1) is 18.1 Å². The molecule has 3 fully saturated rings. The Hall–Kier alpha value is -5.61. The molecule has 0 spiro atoms. The molecule has 0 radical (unpaired) electrons. The van der Waals surface area contributed by atoms with Gasteiger partial charge in [-0.15, -0.1) is 0 Å². The Morgan fingerprint density at radius 1 is 0.350 bits per heavy atom. The number of likely N-dealkylation sites (N-methyl/N-ethyl adjacent to an activating group) is 3. The maximum absolute atomic E-state index is 4.68. The Kier molecular flexibility index (Phi) is 10.8. The van der Waals surface area contributed by atoms with Crippen LogP contribution in [0.25, 0.3) is 0 Å². The second-order valence-corrected chi connectivity index (χ2v) is 17.5. The van der Waals surface area contributed by atoms with Crippen molar-refractivity contribution in [3.05, 3.63) is 178 Å². The van der Waals surface area contributed by atoms with Crippen molar-refractivity contribution in [2.75, 3.05) is 94.7 Å². The number of anilines is 3. The van der Waals surface area contributed by atoms with Gasteiger partial charge in [0.2, 0.25) is 0 Å². The Bertz CT molecular complexity index is 2180. The number of hydrogen-bond acceptors (Lipinski definition) is 9. The second kappa shape index (κ2) is 16.8. The monoisotopic (exact) mass is 795 g/mol. The van der Waals surface area contributed by atoms with E-state index >= 15 is 0 Å². The van der Waals surface area contributed by atoms with Crippen molar-refractivity contribution in [2.45, 2.75) is 37.4 Å². The molecule has 3 aromatic carbocycles. The van der Waals surface area contributed by atoms with Crippen molar-refractivity contribution in [3.8, 4) is 0 Å². The van der Waals surface area contributed by atoms with Crippen LogP contribution in [-0.2, 0) is 19.3 Å². The minimum atomic E-state index is 0.432. The third-order valence-corrected chi connectivity index (χ3v) is 13.6. The second-order valence-electron chi connectivity index (χ2n) is 17.5. The van der Waals surface area contributed by atoms with Crippen molar-refractivity contribution in [3.63, 3.8) is 0 Å². The molecule has 0 aliphatic carbocycles. The molecule has 0 saturated carbocycles. The predicted octanol–water partition coefficient (Wildman–Crippen LogP) is 7.44. The summed E-state index contributed by atoms with van der Waals surface area (Å²) in [5, 5.41) is 0. The highest BCUT2D eigenvalue weighted by atomic mass is 15.3. The van der Waals surface area contributed by atoms with E-state index in [0.717, 1.165) is 78.2 Å². The maximum atomic E-state index is 4.68. The lowest BCUT2D eigenvalue weighted by molar-refractivity contribution is 0.268. The Balaban J connectivity index is 0.000000108. The first-order chi connectivity index (χ1) is 29.5. The van der Waals surface area contributed by atoms with Gasteiger partial charge in [-0.3, -0.25) is 0 Å². The van der Waals surface area contributed by atoms with Gasteiger partial charge in [0, 0.05) is 96.8 Å². The number of nitrogens with zero attached hydrogens (tertiary/aromatic N) is 9. The van der Waals surface area contributed by atoms with Crippen LogP contribution in [0.3, 0.4) is 0 Å².